The fourth-order valence-corrected chi connectivity index (χ4v) is 2.22. The molecule has 1 heterocycles. The SMILES string of the molecule is NC(=S)CCCCNS(=O)(=O)c1cnc[nH]1. The van der Waals surface area contributed by atoms with Gasteiger partial charge in [0.25, 0.3) is 10.0 Å². The van der Waals surface area contributed by atoms with Gasteiger partial charge >= 0.3 is 0 Å². The largest absolute Gasteiger partial charge is 0.393 e. The van der Waals surface area contributed by atoms with Gasteiger partial charge in [0.2, 0.25) is 0 Å². The molecule has 0 fully saturated rings. The second-order valence-corrected chi connectivity index (χ2v) is 5.50. The molecule has 16 heavy (non-hydrogen) atoms. The summed E-state index contributed by atoms with van der Waals surface area (Å²) in [4.78, 5) is 6.64. The fourth-order valence-electron chi connectivity index (χ4n) is 1.10. The van der Waals surface area contributed by atoms with E-state index < -0.39 is 10.0 Å². The lowest BCUT2D eigenvalue weighted by molar-refractivity contribution is 0.574. The molecule has 0 aliphatic rings. The maximum Gasteiger partial charge on any atom is 0.257 e. The number of nitrogens with two attached hydrogens (primary N) is 1. The third-order valence-electron chi connectivity index (χ3n) is 1.90. The second-order valence-electron chi connectivity index (χ2n) is 3.24. The Kier molecular flexibility index (Phi) is 4.84. The average molecular weight is 262 g/mol. The van der Waals surface area contributed by atoms with E-state index in [0.717, 1.165) is 6.42 Å². The number of H-pyrrole nitrogens is 1. The van der Waals surface area contributed by atoms with Crippen LogP contribution in [0, 0.1) is 0 Å². The molecule has 6 nitrogen and oxygen atoms in total. The summed E-state index contributed by atoms with van der Waals surface area (Å²) in [6.45, 7) is 0.365. The van der Waals surface area contributed by atoms with E-state index in [1.165, 1.54) is 12.5 Å². The number of aromatic amines is 1. The Hall–Kier alpha value is -0.990. The van der Waals surface area contributed by atoms with Crippen LogP contribution in [0.5, 0.6) is 0 Å². The number of aromatic nitrogens is 2. The molecule has 1 rings (SSSR count). The first-order chi connectivity index (χ1) is 7.52. The van der Waals surface area contributed by atoms with Crippen LogP contribution in [0.1, 0.15) is 19.3 Å². The van der Waals surface area contributed by atoms with Gasteiger partial charge in [0.1, 0.15) is 0 Å². The normalized spacial score (nSPS) is 11.5. The van der Waals surface area contributed by atoms with E-state index in [1.54, 1.807) is 0 Å². The number of rotatable bonds is 7. The van der Waals surface area contributed by atoms with Crippen LogP contribution in [-0.2, 0) is 10.0 Å². The number of hydrogen-bond acceptors (Lipinski definition) is 4. The number of imidazole rings is 1. The summed E-state index contributed by atoms with van der Waals surface area (Å²) in [5.74, 6) is 0. The lowest BCUT2D eigenvalue weighted by Gasteiger charge is -2.03. The van der Waals surface area contributed by atoms with Crippen LogP contribution in [0.4, 0.5) is 0 Å². The van der Waals surface area contributed by atoms with Crippen LogP contribution >= 0.6 is 12.2 Å². The molecule has 0 saturated heterocycles. The number of unbranched alkanes of at least 4 members (excludes halogenated alkanes) is 1. The Morgan fingerprint density at radius 2 is 2.31 bits per heavy atom. The molecule has 0 bridgehead atoms. The van der Waals surface area contributed by atoms with Gasteiger partial charge in [-0.25, -0.2) is 18.1 Å². The molecular weight excluding hydrogens is 248 g/mol. The van der Waals surface area contributed by atoms with Crippen molar-refractivity contribution in [2.24, 2.45) is 5.73 Å². The molecule has 1 aromatic heterocycles. The lowest BCUT2D eigenvalue weighted by atomic mass is 10.2. The Balaban J connectivity index is 2.30. The highest BCUT2D eigenvalue weighted by Gasteiger charge is 2.13. The van der Waals surface area contributed by atoms with Gasteiger partial charge in [-0.15, -0.1) is 0 Å². The highest BCUT2D eigenvalue weighted by atomic mass is 32.2. The summed E-state index contributed by atoms with van der Waals surface area (Å²) in [6.07, 6.45) is 4.70. The molecule has 0 spiro atoms. The minimum Gasteiger partial charge on any atom is -0.393 e. The molecule has 8 heteroatoms. The molecule has 0 amide bonds. The monoisotopic (exact) mass is 262 g/mol. The van der Waals surface area contributed by atoms with Crippen LogP contribution < -0.4 is 10.5 Å². The summed E-state index contributed by atoms with van der Waals surface area (Å²) in [7, 11) is -3.45. The highest BCUT2D eigenvalue weighted by Crippen LogP contribution is 2.02. The summed E-state index contributed by atoms with van der Waals surface area (Å²) >= 11 is 4.71. The molecule has 4 N–H and O–H groups in total. The molecule has 0 unspecified atom stereocenters. The van der Waals surface area contributed by atoms with Crippen LogP contribution in [0.15, 0.2) is 17.6 Å². The van der Waals surface area contributed by atoms with Crippen molar-refractivity contribution in [1.82, 2.24) is 14.7 Å². The third-order valence-corrected chi connectivity index (χ3v) is 3.50. The first-order valence-electron chi connectivity index (χ1n) is 4.79. The van der Waals surface area contributed by atoms with Gasteiger partial charge in [0, 0.05) is 6.54 Å². The van der Waals surface area contributed by atoms with Crippen molar-refractivity contribution in [1.29, 1.82) is 0 Å². The Bertz CT molecular complexity index is 427. The van der Waals surface area contributed by atoms with Gasteiger partial charge in [-0.05, 0) is 19.3 Å². The first-order valence-corrected chi connectivity index (χ1v) is 6.68. The zero-order chi connectivity index (χ0) is 12.0. The predicted molar refractivity (Wildman–Crippen MR) is 64.4 cm³/mol. The molecule has 0 aliphatic carbocycles. The van der Waals surface area contributed by atoms with Gasteiger partial charge < -0.3 is 10.7 Å². The molecule has 0 atom stereocenters. The molecule has 90 valence electrons. The molecule has 0 saturated carbocycles. The van der Waals surface area contributed by atoms with Gasteiger partial charge in [-0.3, -0.25) is 0 Å². The second kappa shape index (κ2) is 5.92. The standard InChI is InChI=1S/C8H14N4O2S2/c9-7(15)3-1-2-4-12-16(13,14)8-5-10-6-11-8/h5-6,12H,1-4H2,(H2,9,15)(H,10,11). The van der Waals surface area contributed by atoms with E-state index >= 15 is 0 Å². The van der Waals surface area contributed by atoms with Crippen molar-refractivity contribution in [3.8, 4) is 0 Å². The molecule has 0 aliphatic heterocycles. The fraction of sp³-hybridized carbons (Fsp3) is 0.500. The number of hydrogen-bond donors (Lipinski definition) is 3. The molecule has 0 aromatic carbocycles. The van der Waals surface area contributed by atoms with E-state index in [1.807, 2.05) is 0 Å². The zero-order valence-corrected chi connectivity index (χ0v) is 10.3. The van der Waals surface area contributed by atoms with E-state index in [4.69, 9.17) is 18.0 Å². The van der Waals surface area contributed by atoms with Crippen LogP contribution in [-0.4, -0.2) is 29.9 Å². The lowest BCUT2D eigenvalue weighted by Crippen LogP contribution is -2.25. The van der Waals surface area contributed by atoms with Gasteiger partial charge in [-0.1, -0.05) is 12.2 Å². The smallest absolute Gasteiger partial charge is 0.257 e. The van der Waals surface area contributed by atoms with Gasteiger partial charge in [0.05, 0.1) is 17.5 Å². The number of thiocarbonyl (C=S) groups is 1. The summed E-state index contributed by atoms with van der Waals surface area (Å²) in [5.41, 5.74) is 5.32. The number of nitrogens with one attached hydrogen (secondary N) is 2. The number of sulfonamides is 1. The highest BCUT2D eigenvalue weighted by molar-refractivity contribution is 7.89. The summed E-state index contributed by atoms with van der Waals surface area (Å²) in [5, 5.41) is 0.0712. The van der Waals surface area contributed by atoms with Crippen LogP contribution in [0.3, 0.4) is 0 Å². The Morgan fingerprint density at radius 1 is 1.56 bits per heavy atom. The average Bonchev–Trinajstić information content (AvgIpc) is 2.69. The quantitative estimate of drug-likeness (QED) is 0.479. The minimum atomic E-state index is -3.45. The molecule has 1 aromatic rings. The zero-order valence-electron chi connectivity index (χ0n) is 8.64. The van der Waals surface area contributed by atoms with E-state index in [-0.39, 0.29) is 5.03 Å². The van der Waals surface area contributed by atoms with Gasteiger partial charge in [-0.2, -0.15) is 0 Å². The summed E-state index contributed by atoms with van der Waals surface area (Å²) in [6, 6.07) is 0. The van der Waals surface area contributed by atoms with Crippen molar-refractivity contribution < 1.29 is 8.42 Å². The Morgan fingerprint density at radius 3 is 2.88 bits per heavy atom. The van der Waals surface area contributed by atoms with Crippen molar-refractivity contribution in [3.05, 3.63) is 12.5 Å². The molecule has 0 radical (unpaired) electrons. The maximum absolute atomic E-state index is 11.6. The van der Waals surface area contributed by atoms with Crippen LogP contribution in [0.2, 0.25) is 0 Å². The van der Waals surface area contributed by atoms with Crippen molar-refractivity contribution in [2.45, 2.75) is 24.3 Å². The van der Waals surface area contributed by atoms with Crippen molar-refractivity contribution >= 4 is 27.2 Å². The maximum atomic E-state index is 11.6. The van der Waals surface area contributed by atoms with E-state index in [9.17, 15) is 8.42 Å². The topological polar surface area (TPSA) is 101 Å². The summed E-state index contributed by atoms with van der Waals surface area (Å²) < 4.78 is 25.6. The van der Waals surface area contributed by atoms with Gasteiger partial charge in [0.15, 0.2) is 5.03 Å². The van der Waals surface area contributed by atoms with E-state index in [2.05, 4.69) is 14.7 Å². The van der Waals surface area contributed by atoms with E-state index in [0.29, 0.717) is 24.4 Å². The number of nitrogens with zero attached hydrogens (tertiary/aromatic N) is 1. The predicted octanol–water partition coefficient (Wildman–Crippen LogP) is 0.144. The molecular formula is C8H14N4O2S2. The Labute approximate surface area is 99.7 Å². The van der Waals surface area contributed by atoms with Crippen molar-refractivity contribution in [2.75, 3.05) is 6.54 Å². The third kappa shape index (κ3) is 4.25. The van der Waals surface area contributed by atoms with Crippen molar-refractivity contribution in [3.63, 3.8) is 0 Å². The minimum absolute atomic E-state index is 0.0712. The first kappa shape index (κ1) is 13.1. The van der Waals surface area contributed by atoms with Crippen LogP contribution in [0.25, 0.3) is 0 Å².